The van der Waals surface area contributed by atoms with Crippen LogP contribution in [0, 0.1) is 5.92 Å². The standard InChI is InChI=1S/C20H25N.C2H6/c1-4-5-12-21-20-11-7-10-19(15-20)18-9-6-8-17(14-18)13-16(2)3;1-2/h4-11,14-16,21H,12-13H2,1-3H3;1-2H3/b5-4-;. The lowest BCUT2D eigenvalue weighted by Gasteiger charge is -2.10. The van der Waals surface area contributed by atoms with E-state index in [1.807, 2.05) is 20.8 Å². The van der Waals surface area contributed by atoms with Crippen molar-refractivity contribution in [3.8, 4) is 11.1 Å². The Bertz CT molecular complexity index is 596. The van der Waals surface area contributed by atoms with Crippen molar-refractivity contribution in [2.75, 3.05) is 11.9 Å². The van der Waals surface area contributed by atoms with E-state index >= 15 is 0 Å². The van der Waals surface area contributed by atoms with Crippen molar-refractivity contribution in [2.24, 2.45) is 5.92 Å². The summed E-state index contributed by atoms with van der Waals surface area (Å²) in [5, 5.41) is 3.42. The van der Waals surface area contributed by atoms with E-state index in [-0.39, 0.29) is 0 Å². The second-order valence-corrected chi connectivity index (χ2v) is 5.83. The smallest absolute Gasteiger partial charge is 0.0348 e. The molecule has 0 bridgehead atoms. The average molecular weight is 309 g/mol. The van der Waals surface area contributed by atoms with E-state index < -0.39 is 0 Å². The molecule has 124 valence electrons. The first-order chi connectivity index (χ1) is 11.2. The summed E-state index contributed by atoms with van der Waals surface area (Å²) < 4.78 is 0. The van der Waals surface area contributed by atoms with Crippen LogP contribution in [0.15, 0.2) is 60.7 Å². The van der Waals surface area contributed by atoms with Gasteiger partial charge < -0.3 is 5.32 Å². The quantitative estimate of drug-likeness (QED) is 0.595. The predicted octanol–water partition coefficient (Wildman–Crippen LogP) is 6.57. The molecule has 0 heterocycles. The Hall–Kier alpha value is -2.02. The Kier molecular flexibility index (Phi) is 8.82. The molecule has 0 saturated carbocycles. The van der Waals surface area contributed by atoms with Crippen LogP contribution in [0.2, 0.25) is 0 Å². The van der Waals surface area contributed by atoms with Crippen LogP contribution in [0.5, 0.6) is 0 Å². The Balaban J connectivity index is 0.00000127. The second kappa shape index (κ2) is 10.7. The summed E-state index contributed by atoms with van der Waals surface area (Å²) in [6.07, 6.45) is 5.31. The van der Waals surface area contributed by atoms with E-state index in [2.05, 4.69) is 79.8 Å². The van der Waals surface area contributed by atoms with Gasteiger partial charge in [0.15, 0.2) is 0 Å². The van der Waals surface area contributed by atoms with Crippen LogP contribution >= 0.6 is 0 Å². The van der Waals surface area contributed by atoms with Gasteiger partial charge in [-0.15, -0.1) is 0 Å². The highest BCUT2D eigenvalue weighted by atomic mass is 14.8. The van der Waals surface area contributed by atoms with Gasteiger partial charge >= 0.3 is 0 Å². The molecule has 0 aromatic heterocycles. The largest absolute Gasteiger partial charge is 0.382 e. The molecule has 2 aromatic carbocycles. The van der Waals surface area contributed by atoms with Crippen molar-refractivity contribution >= 4 is 5.69 Å². The molecule has 0 amide bonds. The molecule has 0 aliphatic carbocycles. The van der Waals surface area contributed by atoms with Crippen molar-refractivity contribution < 1.29 is 0 Å². The minimum Gasteiger partial charge on any atom is -0.382 e. The normalized spacial score (nSPS) is 10.5. The fourth-order valence-corrected chi connectivity index (χ4v) is 2.45. The van der Waals surface area contributed by atoms with Gasteiger partial charge in [-0.2, -0.15) is 0 Å². The summed E-state index contributed by atoms with van der Waals surface area (Å²) in [5.41, 5.74) is 5.14. The van der Waals surface area contributed by atoms with Crippen molar-refractivity contribution in [1.29, 1.82) is 0 Å². The number of hydrogen-bond donors (Lipinski definition) is 1. The van der Waals surface area contributed by atoms with Crippen molar-refractivity contribution in [2.45, 2.75) is 41.0 Å². The van der Waals surface area contributed by atoms with Gasteiger partial charge in [0.1, 0.15) is 0 Å². The lowest BCUT2D eigenvalue weighted by Crippen LogP contribution is -1.98. The highest BCUT2D eigenvalue weighted by Gasteiger charge is 2.02. The van der Waals surface area contributed by atoms with Crippen LogP contribution in [0.4, 0.5) is 5.69 Å². The SMILES string of the molecule is C/C=C\CNc1cccc(-c2cccc(CC(C)C)c2)c1.CC. The maximum absolute atomic E-state index is 3.42. The molecule has 0 radical (unpaired) electrons. The van der Waals surface area contributed by atoms with Gasteiger partial charge in [0, 0.05) is 12.2 Å². The fourth-order valence-electron chi connectivity index (χ4n) is 2.45. The molecule has 0 saturated heterocycles. The molecule has 0 aliphatic rings. The number of allylic oxidation sites excluding steroid dienone is 1. The molecule has 23 heavy (non-hydrogen) atoms. The van der Waals surface area contributed by atoms with E-state index in [0.717, 1.165) is 13.0 Å². The molecular formula is C22H31N. The van der Waals surface area contributed by atoms with Gasteiger partial charge in [-0.3, -0.25) is 0 Å². The molecule has 0 aliphatic heterocycles. The second-order valence-electron chi connectivity index (χ2n) is 5.83. The Morgan fingerprint density at radius 2 is 1.61 bits per heavy atom. The number of hydrogen-bond acceptors (Lipinski definition) is 1. The molecule has 2 aromatic rings. The van der Waals surface area contributed by atoms with Gasteiger partial charge in [0.25, 0.3) is 0 Å². The molecule has 1 N–H and O–H groups in total. The predicted molar refractivity (Wildman–Crippen MR) is 105 cm³/mol. The van der Waals surface area contributed by atoms with E-state index in [4.69, 9.17) is 0 Å². The zero-order valence-electron chi connectivity index (χ0n) is 15.3. The number of rotatable bonds is 6. The number of anilines is 1. The molecule has 0 spiro atoms. The molecule has 1 nitrogen and oxygen atoms in total. The number of benzene rings is 2. The van der Waals surface area contributed by atoms with Crippen LogP contribution in [0.1, 0.15) is 40.2 Å². The van der Waals surface area contributed by atoms with Crippen LogP contribution in [0.3, 0.4) is 0 Å². The maximum atomic E-state index is 3.42. The van der Waals surface area contributed by atoms with Crippen molar-refractivity contribution in [3.05, 3.63) is 66.2 Å². The number of nitrogens with one attached hydrogen (secondary N) is 1. The molecule has 0 atom stereocenters. The summed E-state index contributed by atoms with van der Waals surface area (Å²) in [6.45, 7) is 11.4. The Morgan fingerprint density at radius 1 is 0.957 bits per heavy atom. The third-order valence-electron chi connectivity index (χ3n) is 3.43. The van der Waals surface area contributed by atoms with Gasteiger partial charge in [0.05, 0.1) is 0 Å². The Labute approximate surface area is 142 Å². The summed E-state index contributed by atoms with van der Waals surface area (Å²) in [7, 11) is 0. The summed E-state index contributed by atoms with van der Waals surface area (Å²) >= 11 is 0. The van der Waals surface area contributed by atoms with Gasteiger partial charge in [-0.05, 0) is 48.1 Å². The summed E-state index contributed by atoms with van der Waals surface area (Å²) in [5.74, 6) is 0.689. The minimum atomic E-state index is 0.689. The zero-order chi connectivity index (χ0) is 17.1. The van der Waals surface area contributed by atoms with Crippen LogP contribution in [-0.4, -0.2) is 6.54 Å². The highest BCUT2D eigenvalue weighted by Crippen LogP contribution is 2.24. The monoisotopic (exact) mass is 309 g/mol. The summed E-state index contributed by atoms with van der Waals surface area (Å²) in [4.78, 5) is 0. The highest BCUT2D eigenvalue weighted by molar-refractivity contribution is 5.68. The van der Waals surface area contributed by atoms with Crippen LogP contribution in [0.25, 0.3) is 11.1 Å². The molecule has 0 unspecified atom stereocenters. The van der Waals surface area contributed by atoms with Gasteiger partial charge in [0.2, 0.25) is 0 Å². The molecule has 0 fully saturated rings. The summed E-state index contributed by atoms with van der Waals surface area (Å²) in [6, 6.07) is 17.5. The minimum absolute atomic E-state index is 0.689. The molecule has 2 rings (SSSR count). The maximum Gasteiger partial charge on any atom is 0.0348 e. The zero-order valence-corrected chi connectivity index (χ0v) is 15.3. The van der Waals surface area contributed by atoms with E-state index in [0.29, 0.717) is 5.92 Å². The average Bonchev–Trinajstić information content (AvgIpc) is 2.57. The topological polar surface area (TPSA) is 12.0 Å². The van der Waals surface area contributed by atoms with Gasteiger partial charge in [-0.1, -0.05) is 76.2 Å². The van der Waals surface area contributed by atoms with Crippen molar-refractivity contribution in [3.63, 3.8) is 0 Å². The van der Waals surface area contributed by atoms with Crippen LogP contribution < -0.4 is 5.32 Å². The lowest BCUT2D eigenvalue weighted by atomic mass is 9.98. The third-order valence-corrected chi connectivity index (χ3v) is 3.43. The first-order valence-corrected chi connectivity index (χ1v) is 8.73. The molecule has 1 heteroatoms. The first-order valence-electron chi connectivity index (χ1n) is 8.73. The Morgan fingerprint density at radius 3 is 2.26 bits per heavy atom. The first kappa shape index (κ1) is 19.0. The van der Waals surface area contributed by atoms with Gasteiger partial charge in [-0.25, -0.2) is 0 Å². The fraction of sp³-hybridized carbons (Fsp3) is 0.364. The van der Waals surface area contributed by atoms with Crippen LogP contribution in [-0.2, 0) is 6.42 Å². The third kappa shape index (κ3) is 6.73. The van der Waals surface area contributed by atoms with Crippen molar-refractivity contribution in [1.82, 2.24) is 0 Å². The van der Waals surface area contributed by atoms with E-state index in [1.165, 1.54) is 22.4 Å². The molecular weight excluding hydrogens is 278 g/mol. The van der Waals surface area contributed by atoms with E-state index in [9.17, 15) is 0 Å². The van der Waals surface area contributed by atoms with E-state index in [1.54, 1.807) is 0 Å². The lowest BCUT2D eigenvalue weighted by molar-refractivity contribution is 0.647.